The van der Waals surface area contributed by atoms with Gasteiger partial charge >= 0.3 is 0 Å². The molecule has 0 radical (unpaired) electrons. The summed E-state index contributed by atoms with van der Waals surface area (Å²) in [6, 6.07) is 0. The van der Waals surface area contributed by atoms with Gasteiger partial charge in [-0.2, -0.15) is 0 Å². The molecule has 0 aliphatic carbocycles. The SMILES string of the molecule is CC(=O)CCCCCNC(=O)C(CBr)CBr. The number of hydrogen-bond donors (Lipinski definition) is 1. The van der Waals surface area contributed by atoms with Crippen LogP contribution in [0.3, 0.4) is 0 Å². The highest BCUT2D eigenvalue weighted by Gasteiger charge is 2.14. The predicted molar refractivity (Wildman–Crippen MR) is 73.2 cm³/mol. The second-order valence-electron chi connectivity index (χ2n) is 3.81. The molecule has 5 heteroatoms. The zero-order chi connectivity index (χ0) is 12.4. The third-order valence-electron chi connectivity index (χ3n) is 2.25. The lowest BCUT2D eigenvalue weighted by Crippen LogP contribution is -2.33. The van der Waals surface area contributed by atoms with E-state index in [-0.39, 0.29) is 17.6 Å². The summed E-state index contributed by atoms with van der Waals surface area (Å²) in [7, 11) is 0. The van der Waals surface area contributed by atoms with Crippen LogP contribution in [-0.2, 0) is 9.59 Å². The Balaban J connectivity index is 3.44. The fourth-order valence-electron chi connectivity index (χ4n) is 1.21. The van der Waals surface area contributed by atoms with Crippen LogP contribution in [-0.4, -0.2) is 28.9 Å². The molecule has 0 rings (SSSR count). The van der Waals surface area contributed by atoms with E-state index in [0.717, 1.165) is 19.3 Å². The molecule has 0 saturated heterocycles. The number of carbonyl (C=O) groups excluding carboxylic acids is 2. The molecule has 0 aromatic rings. The van der Waals surface area contributed by atoms with Crippen LogP contribution in [0.15, 0.2) is 0 Å². The molecule has 0 atom stereocenters. The summed E-state index contributed by atoms with van der Waals surface area (Å²) in [5.41, 5.74) is 0. The number of amides is 1. The van der Waals surface area contributed by atoms with Crippen molar-refractivity contribution in [2.24, 2.45) is 5.92 Å². The molecule has 3 nitrogen and oxygen atoms in total. The maximum absolute atomic E-state index is 11.5. The van der Waals surface area contributed by atoms with Gasteiger partial charge in [0.2, 0.25) is 5.91 Å². The van der Waals surface area contributed by atoms with Crippen LogP contribution in [0.25, 0.3) is 0 Å². The molecular formula is C11H19Br2NO2. The minimum atomic E-state index is -0.00257. The Morgan fingerprint density at radius 3 is 2.25 bits per heavy atom. The van der Waals surface area contributed by atoms with Gasteiger partial charge in [-0.25, -0.2) is 0 Å². The summed E-state index contributed by atoms with van der Waals surface area (Å²) in [6.07, 6.45) is 3.51. The van der Waals surface area contributed by atoms with E-state index >= 15 is 0 Å². The highest BCUT2D eigenvalue weighted by Crippen LogP contribution is 2.06. The number of ketones is 1. The molecule has 94 valence electrons. The van der Waals surface area contributed by atoms with E-state index in [2.05, 4.69) is 37.2 Å². The number of unbranched alkanes of at least 4 members (excludes halogenated alkanes) is 2. The van der Waals surface area contributed by atoms with Crippen LogP contribution in [0.2, 0.25) is 0 Å². The molecule has 0 fully saturated rings. The first-order chi connectivity index (χ1) is 7.61. The van der Waals surface area contributed by atoms with E-state index < -0.39 is 0 Å². The standard InChI is InChI=1S/C11H19Br2NO2/c1-9(15)5-3-2-4-6-14-11(16)10(7-12)8-13/h10H,2-8H2,1H3,(H,14,16). The first kappa shape index (κ1) is 16.1. The summed E-state index contributed by atoms with van der Waals surface area (Å²) in [6.45, 7) is 2.31. The maximum Gasteiger partial charge on any atom is 0.224 e. The summed E-state index contributed by atoms with van der Waals surface area (Å²) in [5.74, 6) is 0.320. The molecule has 0 aromatic heterocycles. The monoisotopic (exact) mass is 355 g/mol. The van der Waals surface area contributed by atoms with Crippen molar-refractivity contribution >= 4 is 43.6 Å². The molecular weight excluding hydrogens is 338 g/mol. The lowest BCUT2D eigenvalue weighted by molar-refractivity contribution is -0.123. The van der Waals surface area contributed by atoms with Crippen molar-refractivity contribution in [3.05, 3.63) is 0 Å². The van der Waals surface area contributed by atoms with E-state index in [1.54, 1.807) is 6.92 Å². The Morgan fingerprint density at radius 2 is 1.75 bits per heavy atom. The summed E-state index contributed by atoms with van der Waals surface area (Å²) < 4.78 is 0. The van der Waals surface area contributed by atoms with E-state index in [9.17, 15) is 9.59 Å². The Labute approximate surface area is 114 Å². The molecule has 16 heavy (non-hydrogen) atoms. The minimum Gasteiger partial charge on any atom is -0.356 e. The molecule has 1 N–H and O–H groups in total. The predicted octanol–water partition coefficient (Wildman–Crippen LogP) is 2.66. The number of hydrogen-bond acceptors (Lipinski definition) is 2. The van der Waals surface area contributed by atoms with Gasteiger partial charge in [0, 0.05) is 23.6 Å². The summed E-state index contributed by atoms with van der Waals surface area (Å²) >= 11 is 6.60. The van der Waals surface area contributed by atoms with Crippen LogP contribution in [0.1, 0.15) is 32.6 Å². The van der Waals surface area contributed by atoms with Crippen LogP contribution in [0.4, 0.5) is 0 Å². The Morgan fingerprint density at radius 1 is 1.12 bits per heavy atom. The van der Waals surface area contributed by atoms with Gasteiger partial charge in [-0.05, 0) is 19.8 Å². The molecule has 0 aromatic carbocycles. The van der Waals surface area contributed by atoms with E-state index in [1.807, 2.05) is 0 Å². The van der Waals surface area contributed by atoms with Crippen molar-refractivity contribution in [1.82, 2.24) is 5.32 Å². The van der Waals surface area contributed by atoms with Crippen molar-refractivity contribution < 1.29 is 9.59 Å². The fourth-order valence-corrected chi connectivity index (χ4v) is 2.87. The topological polar surface area (TPSA) is 46.2 Å². The Bertz CT molecular complexity index is 218. The van der Waals surface area contributed by atoms with Crippen LogP contribution in [0, 0.1) is 5.92 Å². The maximum atomic E-state index is 11.5. The Kier molecular flexibility index (Phi) is 10.3. The van der Waals surface area contributed by atoms with E-state index in [0.29, 0.717) is 23.6 Å². The van der Waals surface area contributed by atoms with E-state index in [4.69, 9.17) is 0 Å². The molecule has 0 aliphatic heterocycles. The van der Waals surface area contributed by atoms with Crippen molar-refractivity contribution in [1.29, 1.82) is 0 Å². The van der Waals surface area contributed by atoms with E-state index in [1.165, 1.54) is 0 Å². The number of halogens is 2. The summed E-state index contributed by atoms with van der Waals surface area (Å²) in [4.78, 5) is 22.2. The van der Waals surface area contributed by atoms with Crippen molar-refractivity contribution in [3.63, 3.8) is 0 Å². The first-order valence-electron chi connectivity index (χ1n) is 5.51. The van der Waals surface area contributed by atoms with Gasteiger partial charge in [0.15, 0.2) is 0 Å². The van der Waals surface area contributed by atoms with Gasteiger partial charge in [0.25, 0.3) is 0 Å². The average molecular weight is 357 g/mol. The molecule has 0 bridgehead atoms. The molecule has 0 aliphatic rings. The third-order valence-corrected chi connectivity index (χ3v) is 3.81. The van der Waals surface area contributed by atoms with Gasteiger partial charge in [0.05, 0.1) is 5.92 Å². The molecule has 0 saturated carbocycles. The lowest BCUT2D eigenvalue weighted by atomic mass is 10.1. The van der Waals surface area contributed by atoms with Crippen LogP contribution >= 0.6 is 31.9 Å². The highest BCUT2D eigenvalue weighted by molar-refractivity contribution is 9.09. The summed E-state index contributed by atoms with van der Waals surface area (Å²) in [5, 5.41) is 4.24. The zero-order valence-corrected chi connectivity index (χ0v) is 12.8. The minimum absolute atomic E-state index is 0.00257. The van der Waals surface area contributed by atoms with Crippen LogP contribution in [0.5, 0.6) is 0 Å². The quantitative estimate of drug-likeness (QED) is 0.510. The van der Waals surface area contributed by atoms with Crippen molar-refractivity contribution in [2.75, 3.05) is 17.2 Å². The van der Waals surface area contributed by atoms with Gasteiger partial charge in [-0.3, -0.25) is 4.79 Å². The largest absolute Gasteiger partial charge is 0.356 e. The zero-order valence-electron chi connectivity index (χ0n) is 9.60. The molecule has 0 spiro atoms. The van der Waals surface area contributed by atoms with Crippen molar-refractivity contribution in [2.45, 2.75) is 32.6 Å². The number of nitrogens with one attached hydrogen (secondary N) is 1. The number of alkyl halides is 2. The van der Waals surface area contributed by atoms with Crippen molar-refractivity contribution in [3.8, 4) is 0 Å². The smallest absolute Gasteiger partial charge is 0.224 e. The molecule has 0 unspecified atom stereocenters. The lowest BCUT2D eigenvalue weighted by Gasteiger charge is -2.10. The number of rotatable bonds is 9. The number of Topliss-reactive ketones (excluding diaryl/α,β-unsaturated/α-hetero) is 1. The third kappa shape index (κ3) is 8.28. The first-order valence-corrected chi connectivity index (χ1v) is 7.75. The van der Waals surface area contributed by atoms with Gasteiger partial charge < -0.3 is 10.1 Å². The van der Waals surface area contributed by atoms with Gasteiger partial charge in [0.1, 0.15) is 5.78 Å². The second-order valence-corrected chi connectivity index (χ2v) is 5.10. The Hall–Kier alpha value is 0.1000. The molecule has 0 heterocycles. The number of carbonyl (C=O) groups is 2. The van der Waals surface area contributed by atoms with Crippen LogP contribution < -0.4 is 5.32 Å². The highest BCUT2D eigenvalue weighted by atomic mass is 79.9. The van der Waals surface area contributed by atoms with Gasteiger partial charge in [-0.15, -0.1) is 0 Å². The average Bonchev–Trinajstić information content (AvgIpc) is 2.24. The molecule has 1 amide bonds. The normalized spacial score (nSPS) is 10.5. The second kappa shape index (κ2) is 10.3. The van der Waals surface area contributed by atoms with Gasteiger partial charge in [-0.1, -0.05) is 38.3 Å². The fraction of sp³-hybridized carbons (Fsp3) is 0.818.